The van der Waals surface area contributed by atoms with Gasteiger partial charge in [-0.3, -0.25) is 4.79 Å². The number of halogens is 5. The van der Waals surface area contributed by atoms with Crippen molar-refractivity contribution in [2.75, 3.05) is 5.73 Å². The number of anilines is 1. The predicted molar refractivity (Wildman–Crippen MR) is 127 cm³/mol. The van der Waals surface area contributed by atoms with E-state index in [4.69, 9.17) is 10.5 Å². The van der Waals surface area contributed by atoms with E-state index < -0.39 is 28.9 Å². The quantitative estimate of drug-likeness (QED) is 0.293. The highest BCUT2D eigenvalue weighted by molar-refractivity contribution is 5.66. The molecular formula is C27H21F5N2O2. The first kappa shape index (κ1) is 25.0. The molecule has 1 aromatic heterocycles. The number of nitrogen functional groups attached to an aromatic ring is 1. The van der Waals surface area contributed by atoms with Gasteiger partial charge < -0.3 is 15.0 Å². The summed E-state index contributed by atoms with van der Waals surface area (Å²) in [4.78, 5) is 13.0. The first-order chi connectivity index (χ1) is 17.0. The van der Waals surface area contributed by atoms with Gasteiger partial charge in [0, 0.05) is 0 Å². The smallest absolute Gasteiger partial charge is 0.457 e. The van der Waals surface area contributed by atoms with E-state index in [0.29, 0.717) is 23.1 Å². The molecule has 0 spiro atoms. The van der Waals surface area contributed by atoms with Gasteiger partial charge in [-0.15, -0.1) is 0 Å². The summed E-state index contributed by atoms with van der Waals surface area (Å²) in [5.74, 6) is -4.35. The number of nitrogens with two attached hydrogens (primary N) is 1. The lowest BCUT2D eigenvalue weighted by molar-refractivity contribution is -0.289. The fraction of sp³-hybridized carbons (Fsp3) is 0.148. The normalized spacial score (nSPS) is 11.9. The molecule has 0 unspecified atom stereocenters. The summed E-state index contributed by atoms with van der Waals surface area (Å²) in [5.41, 5.74) is 3.38. The maximum Gasteiger partial charge on any atom is 0.458 e. The Morgan fingerprint density at radius 2 is 1.42 bits per heavy atom. The summed E-state index contributed by atoms with van der Waals surface area (Å²) < 4.78 is 75.0. The van der Waals surface area contributed by atoms with Crippen LogP contribution in [-0.2, 0) is 12.5 Å². The number of aromatic nitrogens is 1. The van der Waals surface area contributed by atoms with E-state index in [-0.39, 0.29) is 17.8 Å². The van der Waals surface area contributed by atoms with E-state index in [2.05, 4.69) is 0 Å². The van der Waals surface area contributed by atoms with Crippen molar-refractivity contribution >= 4 is 5.69 Å². The molecule has 4 rings (SSSR count). The van der Waals surface area contributed by atoms with E-state index >= 15 is 0 Å². The number of aryl methyl sites for hydroxylation is 1. The molecule has 2 N–H and O–H groups in total. The third-order valence-corrected chi connectivity index (χ3v) is 5.62. The van der Waals surface area contributed by atoms with E-state index in [1.807, 2.05) is 13.0 Å². The Bertz CT molecular complexity index is 1410. The summed E-state index contributed by atoms with van der Waals surface area (Å²) in [6.45, 7) is 1.78. The monoisotopic (exact) mass is 500 g/mol. The lowest BCUT2D eigenvalue weighted by Crippen LogP contribution is -2.37. The molecule has 0 aliphatic heterocycles. The molecule has 36 heavy (non-hydrogen) atoms. The average Bonchev–Trinajstić information content (AvgIpc) is 2.84. The van der Waals surface area contributed by atoms with Gasteiger partial charge in [0.2, 0.25) is 0 Å². The van der Waals surface area contributed by atoms with Crippen LogP contribution in [0, 0.1) is 6.92 Å². The maximum atomic E-state index is 14.3. The summed E-state index contributed by atoms with van der Waals surface area (Å²) in [7, 11) is 0. The van der Waals surface area contributed by atoms with Gasteiger partial charge in [-0.25, -0.2) is 0 Å². The molecule has 0 atom stereocenters. The van der Waals surface area contributed by atoms with Crippen LogP contribution in [0.2, 0.25) is 0 Å². The number of nitrogens with zero attached hydrogens (tertiary/aromatic N) is 1. The van der Waals surface area contributed by atoms with Crippen molar-refractivity contribution < 1.29 is 26.7 Å². The maximum absolute atomic E-state index is 14.3. The second-order valence-corrected chi connectivity index (χ2v) is 8.25. The standard InChI is InChI=1S/C27H21F5N2O2/c1-17-7-9-18(10-8-17)16-34-23(15-22(24(33)25(34)35)26(28,29)27(30,31)32)19-11-13-21(14-12-19)36-20-5-3-2-4-6-20/h2-15H,16,33H2,1H3. The van der Waals surface area contributed by atoms with Crippen LogP contribution in [0.15, 0.2) is 89.7 Å². The molecule has 0 amide bonds. The van der Waals surface area contributed by atoms with E-state index in [1.165, 1.54) is 24.3 Å². The molecule has 186 valence electrons. The highest BCUT2D eigenvalue weighted by Gasteiger charge is 2.60. The van der Waals surface area contributed by atoms with Gasteiger partial charge in [0.15, 0.2) is 0 Å². The van der Waals surface area contributed by atoms with Gasteiger partial charge >= 0.3 is 12.1 Å². The molecule has 3 aromatic carbocycles. The number of rotatable bonds is 6. The summed E-state index contributed by atoms with van der Waals surface area (Å²) >= 11 is 0. The van der Waals surface area contributed by atoms with Crippen LogP contribution in [-0.4, -0.2) is 10.7 Å². The van der Waals surface area contributed by atoms with Crippen LogP contribution in [0.5, 0.6) is 11.5 Å². The number of hydrogen-bond acceptors (Lipinski definition) is 3. The van der Waals surface area contributed by atoms with Gasteiger partial charge in [0.1, 0.15) is 17.2 Å². The first-order valence-electron chi connectivity index (χ1n) is 10.8. The van der Waals surface area contributed by atoms with Crippen molar-refractivity contribution in [3.8, 4) is 22.8 Å². The molecule has 4 nitrogen and oxygen atoms in total. The van der Waals surface area contributed by atoms with Crippen LogP contribution in [0.3, 0.4) is 0 Å². The first-order valence-corrected chi connectivity index (χ1v) is 10.8. The Hall–Kier alpha value is -4.14. The zero-order valence-corrected chi connectivity index (χ0v) is 19.0. The van der Waals surface area contributed by atoms with Gasteiger partial charge in [-0.05, 0) is 60.5 Å². The van der Waals surface area contributed by atoms with E-state index in [9.17, 15) is 26.7 Å². The molecular weight excluding hydrogens is 479 g/mol. The van der Waals surface area contributed by atoms with Gasteiger partial charge in [-0.1, -0.05) is 48.0 Å². The van der Waals surface area contributed by atoms with Crippen molar-refractivity contribution in [2.45, 2.75) is 25.6 Å². The second-order valence-electron chi connectivity index (χ2n) is 8.25. The summed E-state index contributed by atoms with van der Waals surface area (Å²) in [6, 6.07) is 22.6. The number of ether oxygens (including phenoxy) is 1. The van der Waals surface area contributed by atoms with Crippen LogP contribution < -0.4 is 16.0 Å². The molecule has 0 saturated heterocycles. The molecule has 1 heterocycles. The van der Waals surface area contributed by atoms with Crippen molar-refractivity contribution in [1.29, 1.82) is 0 Å². The molecule has 9 heteroatoms. The van der Waals surface area contributed by atoms with Gasteiger partial charge in [-0.2, -0.15) is 22.0 Å². The van der Waals surface area contributed by atoms with Gasteiger partial charge in [0.25, 0.3) is 5.56 Å². The third-order valence-electron chi connectivity index (χ3n) is 5.62. The summed E-state index contributed by atoms with van der Waals surface area (Å²) in [5, 5.41) is 0. The topological polar surface area (TPSA) is 57.2 Å². The second kappa shape index (κ2) is 9.49. The molecule has 0 bridgehead atoms. The highest BCUT2D eigenvalue weighted by Crippen LogP contribution is 2.46. The van der Waals surface area contributed by atoms with Crippen LogP contribution >= 0.6 is 0 Å². The Morgan fingerprint density at radius 3 is 2.00 bits per heavy atom. The lowest BCUT2D eigenvalue weighted by atomic mass is 10.0. The average molecular weight is 500 g/mol. The Labute approximate surface area is 203 Å². The molecule has 0 saturated carbocycles. The number of pyridine rings is 1. The van der Waals surface area contributed by atoms with Crippen molar-refractivity contribution in [1.82, 2.24) is 4.57 Å². The molecule has 4 aromatic rings. The molecule has 0 aliphatic carbocycles. The SMILES string of the molecule is Cc1ccc(Cn2c(-c3ccc(Oc4ccccc4)cc3)cc(C(F)(F)C(F)(F)F)c(N)c2=O)cc1. The van der Waals surface area contributed by atoms with Gasteiger partial charge in [0.05, 0.1) is 17.8 Å². The van der Waals surface area contributed by atoms with E-state index in [0.717, 1.165) is 10.1 Å². The molecule has 0 fully saturated rings. The predicted octanol–water partition coefficient (Wildman–Crippen LogP) is 6.90. The number of alkyl halides is 5. The minimum absolute atomic E-state index is 0.0845. The Balaban J connectivity index is 1.84. The number of hydrogen-bond donors (Lipinski definition) is 1. The van der Waals surface area contributed by atoms with Crippen molar-refractivity contribution in [2.24, 2.45) is 0 Å². The van der Waals surface area contributed by atoms with Crippen LogP contribution in [0.25, 0.3) is 11.3 Å². The zero-order valence-electron chi connectivity index (χ0n) is 19.0. The van der Waals surface area contributed by atoms with E-state index in [1.54, 1.807) is 48.5 Å². The molecule has 0 radical (unpaired) electrons. The minimum atomic E-state index is -5.93. The number of para-hydroxylation sites is 1. The minimum Gasteiger partial charge on any atom is -0.457 e. The fourth-order valence-corrected chi connectivity index (χ4v) is 3.67. The zero-order chi connectivity index (χ0) is 26.1. The lowest BCUT2D eigenvalue weighted by Gasteiger charge is -2.24. The van der Waals surface area contributed by atoms with Crippen LogP contribution in [0.1, 0.15) is 16.7 Å². The Kier molecular flexibility index (Phi) is 6.58. The van der Waals surface area contributed by atoms with Crippen molar-refractivity contribution in [3.05, 3.63) is 112 Å². The highest BCUT2D eigenvalue weighted by atomic mass is 19.4. The Morgan fingerprint density at radius 1 is 0.833 bits per heavy atom. The summed E-state index contributed by atoms with van der Waals surface area (Å²) in [6.07, 6.45) is -5.93. The molecule has 0 aliphatic rings. The van der Waals surface area contributed by atoms with Crippen LogP contribution in [0.4, 0.5) is 27.6 Å². The number of benzene rings is 3. The third kappa shape index (κ3) is 4.95. The fourth-order valence-electron chi connectivity index (χ4n) is 3.67. The van der Waals surface area contributed by atoms with Crippen molar-refractivity contribution in [3.63, 3.8) is 0 Å². The largest absolute Gasteiger partial charge is 0.458 e.